The quantitative estimate of drug-likeness (QED) is 0.876. The average Bonchev–Trinajstić information content (AvgIpc) is 2.97. The van der Waals surface area contributed by atoms with Crippen LogP contribution in [-0.4, -0.2) is 30.1 Å². The molecule has 0 spiro atoms. The van der Waals surface area contributed by atoms with Crippen LogP contribution in [0.3, 0.4) is 0 Å². The van der Waals surface area contributed by atoms with Crippen LogP contribution < -0.4 is 10.6 Å². The first-order valence-corrected chi connectivity index (χ1v) is 7.76. The molecular formula is C12H18N2OS2. The smallest absolute Gasteiger partial charge is 0.238 e. The molecular weight excluding hydrogens is 252 g/mol. The van der Waals surface area contributed by atoms with Crippen molar-refractivity contribution in [1.29, 1.82) is 0 Å². The summed E-state index contributed by atoms with van der Waals surface area (Å²) in [6, 6.07) is 4.17. The molecule has 2 heterocycles. The largest absolute Gasteiger partial charge is 0.354 e. The maximum absolute atomic E-state index is 11.9. The number of hydrogen-bond donors (Lipinski definition) is 2. The van der Waals surface area contributed by atoms with Crippen LogP contribution in [0.1, 0.15) is 18.7 Å². The van der Waals surface area contributed by atoms with Crippen molar-refractivity contribution in [3.05, 3.63) is 22.4 Å². The molecule has 17 heavy (non-hydrogen) atoms. The van der Waals surface area contributed by atoms with Gasteiger partial charge in [-0.05, 0) is 11.4 Å². The number of nitrogens with one attached hydrogen (secondary N) is 2. The second-order valence-electron chi connectivity index (χ2n) is 4.85. The topological polar surface area (TPSA) is 41.1 Å². The van der Waals surface area contributed by atoms with Crippen LogP contribution in [0.5, 0.6) is 0 Å². The Bertz CT molecular complexity index is 370. The molecule has 1 aliphatic rings. The van der Waals surface area contributed by atoms with Gasteiger partial charge in [-0.15, -0.1) is 23.1 Å². The predicted octanol–water partition coefficient (Wildman–Crippen LogP) is 1.80. The Morgan fingerprint density at radius 2 is 2.47 bits per heavy atom. The number of amides is 1. The maximum atomic E-state index is 11.9. The third kappa shape index (κ3) is 3.24. The Kier molecular flexibility index (Phi) is 4.12. The zero-order valence-corrected chi connectivity index (χ0v) is 11.8. The first kappa shape index (κ1) is 12.9. The fourth-order valence-corrected chi connectivity index (χ4v) is 3.54. The predicted molar refractivity (Wildman–Crippen MR) is 74.6 cm³/mol. The molecule has 1 aliphatic heterocycles. The zero-order valence-electron chi connectivity index (χ0n) is 10.2. The maximum Gasteiger partial charge on any atom is 0.238 e. The summed E-state index contributed by atoms with van der Waals surface area (Å²) in [5.74, 6) is 1.89. The van der Waals surface area contributed by atoms with E-state index in [0.29, 0.717) is 6.54 Å². The minimum absolute atomic E-state index is 0.00950. The lowest BCUT2D eigenvalue weighted by Crippen LogP contribution is -2.45. The van der Waals surface area contributed by atoms with Gasteiger partial charge in [0.1, 0.15) is 0 Å². The molecule has 1 aromatic heterocycles. The summed E-state index contributed by atoms with van der Waals surface area (Å²) in [7, 11) is 0. The number of thiophene rings is 1. The summed E-state index contributed by atoms with van der Waals surface area (Å²) >= 11 is 3.51. The molecule has 2 N–H and O–H groups in total. The monoisotopic (exact) mass is 270 g/mol. The lowest BCUT2D eigenvalue weighted by atomic mass is 9.91. The molecule has 1 amide bonds. The third-order valence-electron chi connectivity index (χ3n) is 2.93. The molecule has 3 nitrogen and oxygen atoms in total. The van der Waals surface area contributed by atoms with E-state index in [1.807, 2.05) is 0 Å². The fourth-order valence-electron chi connectivity index (χ4n) is 1.75. The summed E-state index contributed by atoms with van der Waals surface area (Å²) in [5.41, 5.74) is 0.00950. The van der Waals surface area contributed by atoms with E-state index in [2.05, 4.69) is 42.0 Å². The highest BCUT2D eigenvalue weighted by molar-refractivity contribution is 7.99. The highest BCUT2D eigenvalue weighted by Gasteiger charge is 2.26. The van der Waals surface area contributed by atoms with Crippen molar-refractivity contribution in [3.8, 4) is 0 Å². The van der Waals surface area contributed by atoms with Crippen LogP contribution in [0.2, 0.25) is 0 Å². The van der Waals surface area contributed by atoms with E-state index in [-0.39, 0.29) is 17.4 Å². The van der Waals surface area contributed by atoms with Crippen molar-refractivity contribution in [1.82, 2.24) is 10.6 Å². The molecule has 2 rings (SSSR count). The van der Waals surface area contributed by atoms with Gasteiger partial charge >= 0.3 is 0 Å². The van der Waals surface area contributed by atoms with Gasteiger partial charge in [0.2, 0.25) is 5.91 Å². The van der Waals surface area contributed by atoms with Gasteiger partial charge in [0.05, 0.1) is 6.04 Å². The van der Waals surface area contributed by atoms with E-state index >= 15 is 0 Å². The Labute approximate surface area is 110 Å². The van der Waals surface area contributed by atoms with Crippen LogP contribution >= 0.6 is 23.1 Å². The van der Waals surface area contributed by atoms with E-state index in [1.165, 1.54) is 4.88 Å². The number of carbonyl (C=O) groups excluding carboxylic acids is 1. The van der Waals surface area contributed by atoms with Gasteiger partial charge in [0.25, 0.3) is 0 Å². The molecule has 1 fully saturated rings. The summed E-state index contributed by atoms with van der Waals surface area (Å²) in [5, 5.41) is 8.30. The molecule has 1 atom stereocenters. The third-order valence-corrected chi connectivity index (χ3v) is 5.10. The van der Waals surface area contributed by atoms with Crippen molar-refractivity contribution >= 4 is 29.0 Å². The standard InChI is InChI=1S/C12H18N2OS2/c1-12(2,10-4-3-5-17-10)7-13-11(15)9-6-16-8-14-9/h3-5,9,14H,6-8H2,1-2H3,(H,13,15). The SMILES string of the molecule is CC(C)(CNC(=O)C1CSCN1)c1cccs1. The minimum Gasteiger partial charge on any atom is -0.354 e. The normalized spacial score (nSPS) is 20.5. The second-order valence-corrected chi connectivity index (χ2v) is 6.83. The Morgan fingerprint density at radius 3 is 3.06 bits per heavy atom. The highest BCUT2D eigenvalue weighted by atomic mass is 32.2. The van der Waals surface area contributed by atoms with Crippen molar-refractivity contribution in [2.24, 2.45) is 0 Å². The molecule has 0 radical (unpaired) electrons. The zero-order chi connectivity index (χ0) is 12.3. The van der Waals surface area contributed by atoms with Crippen molar-refractivity contribution in [2.75, 3.05) is 18.2 Å². The van der Waals surface area contributed by atoms with Crippen molar-refractivity contribution < 1.29 is 4.79 Å². The van der Waals surface area contributed by atoms with Gasteiger partial charge in [0.15, 0.2) is 0 Å². The van der Waals surface area contributed by atoms with Gasteiger partial charge < -0.3 is 5.32 Å². The van der Waals surface area contributed by atoms with Crippen molar-refractivity contribution in [3.63, 3.8) is 0 Å². The van der Waals surface area contributed by atoms with Gasteiger partial charge in [-0.3, -0.25) is 10.1 Å². The number of carbonyl (C=O) groups is 1. The molecule has 94 valence electrons. The Balaban J connectivity index is 1.87. The van der Waals surface area contributed by atoms with Gasteiger partial charge in [-0.25, -0.2) is 0 Å². The van der Waals surface area contributed by atoms with E-state index < -0.39 is 0 Å². The molecule has 1 aromatic rings. The molecule has 0 bridgehead atoms. The molecule has 1 saturated heterocycles. The van der Waals surface area contributed by atoms with Crippen LogP contribution in [0.25, 0.3) is 0 Å². The summed E-state index contributed by atoms with van der Waals surface area (Å²) in [6.07, 6.45) is 0. The van der Waals surface area contributed by atoms with E-state index in [1.54, 1.807) is 23.1 Å². The lowest BCUT2D eigenvalue weighted by molar-refractivity contribution is -0.122. The Morgan fingerprint density at radius 1 is 1.65 bits per heavy atom. The molecule has 0 aliphatic carbocycles. The second kappa shape index (κ2) is 5.42. The van der Waals surface area contributed by atoms with Crippen molar-refractivity contribution in [2.45, 2.75) is 25.3 Å². The van der Waals surface area contributed by atoms with Gasteiger partial charge in [-0.1, -0.05) is 19.9 Å². The van der Waals surface area contributed by atoms with Crippen LogP contribution in [0.4, 0.5) is 0 Å². The molecule has 0 aromatic carbocycles. The first-order valence-electron chi connectivity index (χ1n) is 5.72. The number of thioether (sulfide) groups is 1. The molecule has 1 unspecified atom stereocenters. The average molecular weight is 270 g/mol. The number of rotatable bonds is 4. The number of hydrogen-bond acceptors (Lipinski definition) is 4. The summed E-state index contributed by atoms with van der Waals surface area (Å²) < 4.78 is 0. The minimum atomic E-state index is -0.0147. The first-order chi connectivity index (χ1) is 8.09. The van der Waals surface area contributed by atoms with E-state index in [0.717, 1.165) is 11.6 Å². The van der Waals surface area contributed by atoms with Crippen LogP contribution in [0.15, 0.2) is 17.5 Å². The van der Waals surface area contributed by atoms with E-state index in [9.17, 15) is 4.79 Å². The lowest BCUT2D eigenvalue weighted by Gasteiger charge is -2.24. The van der Waals surface area contributed by atoms with E-state index in [4.69, 9.17) is 0 Å². The van der Waals surface area contributed by atoms with Crippen LogP contribution in [0, 0.1) is 0 Å². The fraction of sp³-hybridized carbons (Fsp3) is 0.583. The Hall–Kier alpha value is -0.520. The van der Waals surface area contributed by atoms with Crippen LogP contribution in [-0.2, 0) is 10.2 Å². The highest BCUT2D eigenvalue weighted by Crippen LogP contribution is 2.26. The van der Waals surface area contributed by atoms with Gasteiger partial charge in [-0.2, -0.15) is 0 Å². The summed E-state index contributed by atoms with van der Waals surface area (Å²) in [6.45, 7) is 5.01. The molecule has 5 heteroatoms. The summed E-state index contributed by atoms with van der Waals surface area (Å²) in [4.78, 5) is 13.2. The molecule has 0 saturated carbocycles. The van der Waals surface area contributed by atoms with Gasteiger partial charge in [0, 0.05) is 28.5 Å².